The Labute approximate surface area is 200 Å². The summed E-state index contributed by atoms with van der Waals surface area (Å²) in [5, 5.41) is 6.10. The molecule has 10 heteroatoms. The van der Waals surface area contributed by atoms with Crippen molar-refractivity contribution in [3.8, 4) is 11.6 Å². The Morgan fingerprint density at radius 3 is 2.67 bits per heavy atom. The minimum absolute atomic E-state index is 0.160. The molecule has 0 saturated heterocycles. The van der Waals surface area contributed by atoms with E-state index >= 15 is 0 Å². The Balaban J connectivity index is 1.23. The Hall–Kier alpha value is -3.56. The van der Waals surface area contributed by atoms with Gasteiger partial charge in [-0.05, 0) is 67.4 Å². The van der Waals surface area contributed by atoms with E-state index in [4.69, 9.17) is 28.6 Å². The Bertz CT molecular complexity index is 1340. The Morgan fingerprint density at radius 2 is 1.91 bits per heavy atom. The molecule has 33 heavy (non-hydrogen) atoms. The maximum atomic E-state index is 12.3. The van der Waals surface area contributed by atoms with Crippen molar-refractivity contribution in [1.29, 1.82) is 0 Å². The number of aromatic nitrogens is 4. The topological polar surface area (TPSA) is 94.0 Å². The summed E-state index contributed by atoms with van der Waals surface area (Å²) in [4.78, 5) is 25.4. The van der Waals surface area contributed by atoms with Gasteiger partial charge in [-0.25, -0.2) is 9.97 Å². The van der Waals surface area contributed by atoms with Crippen LogP contribution >= 0.6 is 23.8 Å². The van der Waals surface area contributed by atoms with E-state index < -0.39 is 0 Å². The smallest absolute Gasteiger partial charge is 0.258 e. The van der Waals surface area contributed by atoms with Crippen LogP contribution in [0.4, 0.5) is 5.69 Å². The van der Waals surface area contributed by atoms with E-state index in [0.717, 1.165) is 12.2 Å². The Kier molecular flexibility index (Phi) is 5.89. The van der Waals surface area contributed by atoms with Gasteiger partial charge in [-0.2, -0.15) is 4.98 Å². The lowest BCUT2D eigenvalue weighted by Crippen LogP contribution is -2.34. The number of ether oxygens (including phenoxy) is 1. The molecule has 2 aromatic heterocycles. The highest BCUT2D eigenvalue weighted by atomic mass is 35.5. The van der Waals surface area contributed by atoms with Gasteiger partial charge in [0.05, 0.1) is 16.9 Å². The lowest BCUT2D eigenvalue weighted by molar-refractivity contribution is 0.0978. The number of nitrogens with zero attached hydrogens (tertiary/aromatic N) is 4. The van der Waals surface area contributed by atoms with Crippen LogP contribution in [0.2, 0.25) is 5.02 Å². The zero-order valence-corrected chi connectivity index (χ0v) is 18.9. The molecule has 5 rings (SSSR count). The zero-order valence-electron chi connectivity index (χ0n) is 17.4. The monoisotopic (exact) mass is 478 g/mol. The molecule has 166 valence electrons. The van der Waals surface area contributed by atoms with Crippen molar-refractivity contribution in [1.82, 2.24) is 24.8 Å². The summed E-state index contributed by atoms with van der Waals surface area (Å²) >= 11 is 11.3. The van der Waals surface area contributed by atoms with Gasteiger partial charge >= 0.3 is 0 Å². The quantitative estimate of drug-likeness (QED) is 0.384. The molecule has 2 heterocycles. The zero-order chi connectivity index (χ0) is 22.8. The van der Waals surface area contributed by atoms with Crippen LogP contribution in [0.1, 0.15) is 23.2 Å². The molecule has 2 aromatic carbocycles. The number of carbonyl (C=O) groups excluding carboxylic acids is 1. The molecule has 0 bridgehead atoms. The SMILES string of the molecule is O=C(NC(=S)Nc1ccc(Oc2ncnc3c2ncn3CC2CC2)cc1)c1ccccc1Cl. The highest BCUT2D eigenvalue weighted by Crippen LogP contribution is 2.32. The van der Waals surface area contributed by atoms with Crippen LogP contribution in [0.15, 0.2) is 61.2 Å². The molecule has 0 unspecified atom stereocenters. The van der Waals surface area contributed by atoms with Gasteiger partial charge in [-0.3, -0.25) is 10.1 Å². The number of imidazole rings is 1. The van der Waals surface area contributed by atoms with Crippen molar-refractivity contribution >= 4 is 51.7 Å². The van der Waals surface area contributed by atoms with Crippen molar-refractivity contribution in [2.24, 2.45) is 5.92 Å². The maximum absolute atomic E-state index is 12.3. The third-order valence-electron chi connectivity index (χ3n) is 5.19. The summed E-state index contributed by atoms with van der Waals surface area (Å²) in [6.45, 7) is 0.917. The van der Waals surface area contributed by atoms with Gasteiger partial charge in [0, 0.05) is 12.2 Å². The lowest BCUT2D eigenvalue weighted by Gasteiger charge is -2.11. The summed E-state index contributed by atoms with van der Waals surface area (Å²) < 4.78 is 8.00. The number of anilines is 1. The number of nitrogens with one attached hydrogen (secondary N) is 2. The van der Waals surface area contributed by atoms with E-state index in [1.165, 1.54) is 19.2 Å². The number of hydrogen-bond acceptors (Lipinski definition) is 6. The molecule has 1 saturated carbocycles. The first-order valence-electron chi connectivity index (χ1n) is 10.4. The lowest BCUT2D eigenvalue weighted by atomic mass is 10.2. The van der Waals surface area contributed by atoms with Gasteiger partial charge in [0.2, 0.25) is 0 Å². The predicted molar refractivity (Wildman–Crippen MR) is 130 cm³/mol. The number of halogens is 1. The predicted octanol–water partition coefficient (Wildman–Crippen LogP) is 4.81. The van der Waals surface area contributed by atoms with Crippen molar-refractivity contribution in [3.63, 3.8) is 0 Å². The number of thiocarbonyl (C=S) groups is 1. The van der Waals surface area contributed by atoms with Gasteiger partial charge < -0.3 is 14.6 Å². The molecule has 0 radical (unpaired) electrons. The fourth-order valence-electron chi connectivity index (χ4n) is 3.34. The van der Waals surface area contributed by atoms with Gasteiger partial charge in [-0.15, -0.1) is 0 Å². The summed E-state index contributed by atoms with van der Waals surface area (Å²) in [7, 11) is 0. The first kappa shape index (κ1) is 21.3. The number of fused-ring (bicyclic) bond motifs is 1. The molecule has 1 aliphatic carbocycles. The van der Waals surface area contributed by atoms with Crippen molar-refractivity contribution < 1.29 is 9.53 Å². The van der Waals surface area contributed by atoms with Crippen LogP contribution in [-0.2, 0) is 6.54 Å². The third kappa shape index (κ3) is 4.94. The van der Waals surface area contributed by atoms with Crippen molar-refractivity contribution in [2.45, 2.75) is 19.4 Å². The second-order valence-electron chi connectivity index (χ2n) is 7.71. The first-order valence-corrected chi connectivity index (χ1v) is 11.2. The van der Waals surface area contributed by atoms with Crippen molar-refractivity contribution in [3.05, 3.63) is 71.8 Å². The summed E-state index contributed by atoms with van der Waals surface area (Å²) in [5.74, 6) is 1.32. The van der Waals surface area contributed by atoms with E-state index in [9.17, 15) is 4.79 Å². The van der Waals surface area contributed by atoms with E-state index in [-0.39, 0.29) is 11.0 Å². The van der Waals surface area contributed by atoms with E-state index in [2.05, 4.69) is 25.6 Å². The van der Waals surface area contributed by atoms with E-state index in [1.54, 1.807) is 54.9 Å². The molecule has 2 N–H and O–H groups in total. The van der Waals surface area contributed by atoms with E-state index in [1.807, 2.05) is 4.57 Å². The molecule has 0 aliphatic heterocycles. The molecule has 8 nitrogen and oxygen atoms in total. The number of amides is 1. The summed E-state index contributed by atoms with van der Waals surface area (Å²) in [5.41, 5.74) is 2.43. The summed E-state index contributed by atoms with van der Waals surface area (Å²) in [6, 6.07) is 13.9. The molecular weight excluding hydrogens is 460 g/mol. The highest BCUT2D eigenvalue weighted by Gasteiger charge is 2.23. The van der Waals surface area contributed by atoms with Crippen LogP contribution in [0.25, 0.3) is 11.2 Å². The number of benzene rings is 2. The highest BCUT2D eigenvalue weighted by molar-refractivity contribution is 7.80. The number of hydrogen-bond donors (Lipinski definition) is 2. The summed E-state index contributed by atoms with van der Waals surface area (Å²) in [6.07, 6.45) is 5.78. The largest absolute Gasteiger partial charge is 0.437 e. The van der Waals surface area contributed by atoms with E-state index in [0.29, 0.717) is 39.3 Å². The second kappa shape index (κ2) is 9.13. The fourth-order valence-corrected chi connectivity index (χ4v) is 3.77. The average Bonchev–Trinajstić information content (AvgIpc) is 3.53. The average molecular weight is 479 g/mol. The maximum Gasteiger partial charge on any atom is 0.258 e. The molecule has 4 aromatic rings. The molecule has 1 amide bonds. The second-order valence-corrected chi connectivity index (χ2v) is 8.52. The van der Waals surface area contributed by atoms with Crippen LogP contribution < -0.4 is 15.4 Å². The normalized spacial score (nSPS) is 13.0. The molecule has 1 aliphatic rings. The first-order chi connectivity index (χ1) is 16.1. The van der Waals surface area contributed by atoms with Crippen LogP contribution in [0.3, 0.4) is 0 Å². The fraction of sp³-hybridized carbons (Fsp3) is 0.174. The van der Waals surface area contributed by atoms with Crippen LogP contribution in [-0.4, -0.2) is 30.5 Å². The number of rotatable bonds is 6. The van der Waals surface area contributed by atoms with Gasteiger partial charge in [0.1, 0.15) is 12.1 Å². The minimum atomic E-state index is -0.382. The third-order valence-corrected chi connectivity index (χ3v) is 5.73. The number of carbonyl (C=O) groups is 1. The van der Waals surface area contributed by atoms with Crippen LogP contribution in [0.5, 0.6) is 11.6 Å². The standard InChI is InChI=1S/C23H19ClN6O2S/c24-18-4-2-1-3-17(18)21(31)29-23(33)28-15-7-9-16(10-8-15)32-22-19-20(25-12-26-22)30(13-27-19)11-14-5-6-14/h1-4,7-10,12-14H,5-6,11H2,(H2,28,29,31,33). The van der Waals surface area contributed by atoms with Gasteiger partial charge in [0.15, 0.2) is 16.3 Å². The van der Waals surface area contributed by atoms with Gasteiger partial charge in [0.25, 0.3) is 11.8 Å². The van der Waals surface area contributed by atoms with Gasteiger partial charge in [-0.1, -0.05) is 23.7 Å². The molecule has 1 fully saturated rings. The molecule has 0 spiro atoms. The van der Waals surface area contributed by atoms with Crippen LogP contribution in [0, 0.1) is 5.92 Å². The van der Waals surface area contributed by atoms with Crippen molar-refractivity contribution in [2.75, 3.05) is 5.32 Å². The molecular formula is C23H19ClN6O2S. The molecule has 0 atom stereocenters. The minimum Gasteiger partial charge on any atom is -0.437 e. The Morgan fingerprint density at radius 1 is 1.12 bits per heavy atom.